The molecule has 0 unspecified atom stereocenters. The number of para-hydroxylation sites is 1. The van der Waals surface area contributed by atoms with Crippen LogP contribution in [0.4, 0.5) is 5.82 Å². The lowest BCUT2D eigenvalue weighted by molar-refractivity contribution is 0.100. The molecule has 10 nitrogen and oxygen atoms in total. The van der Waals surface area contributed by atoms with Gasteiger partial charge in [-0.1, -0.05) is 36.4 Å². The quantitative estimate of drug-likeness (QED) is 0.228. The van der Waals surface area contributed by atoms with Crippen LogP contribution in [-0.4, -0.2) is 49.8 Å². The van der Waals surface area contributed by atoms with E-state index in [4.69, 9.17) is 15.7 Å². The molecule has 4 aromatic rings. The summed E-state index contributed by atoms with van der Waals surface area (Å²) in [7, 11) is -1.52. The molecule has 166 valence electrons. The van der Waals surface area contributed by atoms with Gasteiger partial charge in [0.2, 0.25) is 0 Å². The second kappa shape index (κ2) is 8.62. The summed E-state index contributed by atoms with van der Waals surface area (Å²) < 4.78 is 0. The van der Waals surface area contributed by atoms with Crippen LogP contribution in [-0.2, 0) is 19.5 Å². The normalized spacial score (nSPS) is 13.0. The number of aromatic amines is 1. The third-order valence-corrected chi connectivity index (χ3v) is 5.72. The average Bonchev–Trinajstić information content (AvgIpc) is 3.26. The molecule has 2 aromatic heterocycles. The Morgan fingerprint density at radius 3 is 2.85 bits per heavy atom. The second-order valence-electron chi connectivity index (χ2n) is 7.88. The summed E-state index contributed by atoms with van der Waals surface area (Å²) in [5.41, 5.74) is 10.2. The maximum absolute atomic E-state index is 11.8. The minimum atomic E-state index is -1.52. The van der Waals surface area contributed by atoms with E-state index < -0.39 is 13.0 Å². The first-order valence-electron chi connectivity index (χ1n) is 10.6. The molecule has 0 saturated carbocycles. The highest BCUT2D eigenvalue weighted by Crippen LogP contribution is 2.29. The van der Waals surface area contributed by atoms with Crippen molar-refractivity contribution in [1.82, 2.24) is 25.5 Å². The van der Waals surface area contributed by atoms with Crippen LogP contribution in [0, 0.1) is 0 Å². The molecule has 11 heteroatoms. The number of hydrogen-bond acceptors (Lipinski definition) is 8. The number of primary amides is 1. The lowest BCUT2D eigenvalue weighted by Gasteiger charge is -2.20. The summed E-state index contributed by atoms with van der Waals surface area (Å²) in [6.45, 7) is 1.89. The molecule has 0 aliphatic carbocycles. The van der Waals surface area contributed by atoms with Gasteiger partial charge in [-0.3, -0.25) is 9.89 Å². The molecule has 1 amide bonds. The number of carbonyl (C=O) groups excluding carboxylic acids is 1. The number of carbonyl (C=O) groups is 1. The van der Waals surface area contributed by atoms with Gasteiger partial charge < -0.3 is 26.4 Å². The number of nitrogens with one attached hydrogen (secondary N) is 3. The lowest BCUT2D eigenvalue weighted by atomic mass is 9.79. The first-order chi connectivity index (χ1) is 16.0. The molecule has 0 spiro atoms. The van der Waals surface area contributed by atoms with Crippen molar-refractivity contribution in [1.29, 1.82) is 0 Å². The summed E-state index contributed by atoms with van der Waals surface area (Å²) in [4.78, 5) is 21.3. The highest BCUT2D eigenvalue weighted by atomic mass is 16.4. The van der Waals surface area contributed by atoms with Crippen LogP contribution >= 0.6 is 0 Å². The number of aromatic nitrogens is 4. The van der Waals surface area contributed by atoms with E-state index in [1.807, 2.05) is 12.1 Å². The molecule has 0 bridgehead atoms. The smallest absolute Gasteiger partial charge is 0.423 e. The van der Waals surface area contributed by atoms with Crippen molar-refractivity contribution in [2.75, 3.05) is 11.9 Å². The van der Waals surface area contributed by atoms with E-state index >= 15 is 0 Å². The van der Waals surface area contributed by atoms with Crippen molar-refractivity contribution in [3.05, 3.63) is 64.8 Å². The van der Waals surface area contributed by atoms with Crippen molar-refractivity contribution in [3.63, 3.8) is 0 Å². The van der Waals surface area contributed by atoms with E-state index in [2.05, 4.69) is 20.8 Å². The summed E-state index contributed by atoms with van der Waals surface area (Å²) in [6.07, 6.45) is 0.751. The topological polar surface area (TPSA) is 162 Å². The third-order valence-electron chi connectivity index (χ3n) is 5.72. The Morgan fingerprint density at radius 1 is 1.18 bits per heavy atom. The van der Waals surface area contributed by atoms with Crippen LogP contribution in [0.2, 0.25) is 0 Å². The van der Waals surface area contributed by atoms with Gasteiger partial charge in [-0.05, 0) is 17.1 Å². The van der Waals surface area contributed by atoms with E-state index in [1.165, 1.54) is 0 Å². The maximum atomic E-state index is 11.8. The number of amides is 1. The van der Waals surface area contributed by atoms with Gasteiger partial charge in [0, 0.05) is 37.0 Å². The molecule has 3 heterocycles. The molecule has 1 aliphatic heterocycles. The molecule has 0 saturated heterocycles. The number of anilines is 1. The molecule has 2 aromatic carbocycles. The highest BCUT2D eigenvalue weighted by Gasteiger charge is 2.22. The van der Waals surface area contributed by atoms with Gasteiger partial charge in [0.25, 0.3) is 5.91 Å². The zero-order valence-electron chi connectivity index (χ0n) is 17.7. The molecule has 0 fully saturated rings. The van der Waals surface area contributed by atoms with Crippen molar-refractivity contribution < 1.29 is 14.8 Å². The SMILES string of the molecule is NC(=O)c1cccc2c(-c3nc4c(c(NCc5cccc(B(O)O)c5)n3)CNCC4)n[nH]c12. The summed E-state index contributed by atoms with van der Waals surface area (Å²) in [5.74, 6) is 0.593. The molecule has 0 atom stereocenters. The number of nitrogens with two attached hydrogens (primary N) is 1. The Balaban J connectivity index is 1.54. The Bertz CT molecular complexity index is 1360. The number of H-pyrrole nitrogens is 1. The van der Waals surface area contributed by atoms with Gasteiger partial charge in [0.1, 0.15) is 11.5 Å². The second-order valence-corrected chi connectivity index (χ2v) is 7.88. The Labute approximate surface area is 189 Å². The molecule has 1 aliphatic rings. The minimum absolute atomic E-state index is 0.359. The zero-order valence-corrected chi connectivity index (χ0v) is 17.7. The molecule has 0 radical (unpaired) electrons. The van der Waals surface area contributed by atoms with Crippen LogP contribution in [0.25, 0.3) is 22.4 Å². The molecule has 7 N–H and O–H groups in total. The number of rotatable bonds is 6. The summed E-state index contributed by atoms with van der Waals surface area (Å²) in [5, 5.41) is 33.6. The van der Waals surface area contributed by atoms with Gasteiger partial charge in [-0.2, -0.15) is 5.10 Å². The van der Waals surface area contributed by atoms with Crippen LogP contribution in [0.15, 0.2) is 42.5 Å². The fraction of sp³-hybridized carbons (Fsp3) is 0.182. The predicted molar refractivity (Wildman–Crippen MR) is 125 cm³/mol. The number of hydrogen-bond donors (Lipinski definition) is 6. The van der Waals surface area contributed by atoms with E-state index in [9.17, 15) is 14.8 Å². The first-order valence-corrected chi connectivity index (χ1v) is 10.6. The fourth-order valence-electron chi connectivity index (χ4n) is 4.06. The monoisotopic (exact) mass is 443 g/mol. The van der Waals surface area contributed by atoms with Crippen molar-refractivity contribution in [2.45, 2.75) is 19.5 Å². The van der Waals surface area contributed by atoms with Crippen LogP contribution in [0.5, 0.6) is 0 Å². The highest BCUT2D eigenvalue weighted by molar-refractivity contribution is 6.58. The predicted octanol–water partition coefficient (Wildman–Crippen LogP) is 0.0564. The maximum Gasteiger partial charge on any atom is 0.488 e. The molecule has 5 rings (SSSR count). The summed E-state index contributed by atoms with van der Waals surface area (Å²) >= 11 is 0. The number of nitrogens with zero attached hydrogens (tertiary/aromatic N) is 3. The van der Waals surface area contributed by atoms with Crippen LogP contribution < -0.4 is 21.8 Å². The Hall–Kier alpha value is -3.80. The van der Waals surface area contributed by atoms with Gasteiger partial charge >= 0.3 is 7.12 Å². The standard InChI is InChI=1S/C22H22BN7O3/c24-20(31)15-6-2-5-14-18(15)29-30-19(14)22-27-17-7-8-25-11-16(17)21(28-22)26-10-12-3-1-4-13(9-12)23(32)33/h1-6,9,25,32-33H,7-8,10-11H2,(H2,24,31)(H,29,30)(H,26,27,28). The van der Waals surface area contributed by atoms with E-state index in [0.717, 1.165) is 35.2 Å². The van der Waals surface area contributed by atoms with E-state index in [0.29, 0.717) is 47.0 Å². The fourth-order valence-corrected chi connectivity index (χ4v) is 4.06. The third kappa shape index (κ3) is 4.04. The Kier molecular flexibility index (Phi) is 5.51. The van der Waals surface area contributed by atoms with Crippen molar-refractivity contribution >= 4 is 35.2 Å². The molecular formula is C22H22BN7O3. The van der Waals surface area contributed by atoms with Gasteiger partial charge in [0.05, 0.1) is 16.8 Å². The first kappa shape index (κ1) is 21.1. The van der Waals surface area contributed by atoms with E-state index in [1.54, 1.807) is 30.3 Å². The van der Waals surface area contributed by atoms with Crippen LogP contribution in [0.1, 0.15) is 27.2 Å². The molecular weight excluding hydrogens is 421 g/mol. The summed E-state index contributed by atoms with van der Waals surface area (Å²) in [6, 6.07) is 12.3. The lowest BCUT2D eigenvalue weighted by Crippen LogP contribution is -2.30. The average molecular weight is 443 g/mol. The van der Waals surface area contributed by atoms with Crippen LogP contribution in [0.3, 0.4) is 0 Å². The van der Waals surface area contributed by atoms with Crippen molar-refractivity contribution in [3.8, 4) is 11.5 Å². The zero-order chi connectivity index (χ0) is 22.9. The number of fused-ring (bicyclic) bond motifs is 2. The van der Waals surface area contributed by atoms with Crippen molar-refractivity contribution in [2.24, 2.45) is 5.73 Å². The van der Waals surface area contributed by atoms with Gasteiger partial charge in [0.15, 0.2) is 5.82 Å². The minimum Gasteiger partial charge on any atom is -0.423 e. The van der Waals surface area contributed by atoms with Gasteiger partial charge in [-0.15, -0.1) is 0 Å². The molecule has 33 heavy (non-hydrogen) atoms. The number of benzene rings is 2. The Morgan fingerprint density at radius 2 is 2.03 bits per heavy atom. The van der Waals surface area contributed by atoms with E-state index in [-0.39, 0.29) is 0 Å². The largest absolute Gasteiger partial charge is 0.488 e. The van der Waals surface area contributed by atoms with Gasteiger partial charge in [-0.25, -0.2) is 9.97 Å².